The van der Waals surface area contributed by atoms with Crippen molar-refractivity contribution in [2.24, 2.45) is 5.92 Å². The van der Waals surface area contributed by atoms with Crippen LogP contribution in [0.5, 0.6) is 0 Å². The number of amides is 1. The molecule has 3 aliphatic rings. The molecular formula is C20H29ClN4O2. The Bertz CT molecular complexity index is 645. The van der Waals surface area contributed by atoms with Gasteiger partial charge in [0.15, 0.2) is 0 Å². The third kappa shape index (κ3) is 4.39. The summed E-state index contributed by atoms with van der Waals surface area (Å²) in [5, 5.41) is 0.727. The van der Waals surface area contributed by atoms with E-state index in [0.717, 1.165) is 75.8 Å². The van der Waals surface area contributed by atoms with E-state index in [1.54, 1.807) is 6.20 Å². The highest BCUT2D eigenvalue weighted by atomic mass is 35.5. The standard InChI is InChI=1S/C20H29ClN4O2/c21-18-4-1-7-22-19(18)23-9-5-17(6-10-23)25-8-2-3-16(15-25)20(26)24-11-13-27-14-12-24/h1,4,7,16-17H,2-3,5-6,8-15H2. The topological polar surface area (TPSA) is 48.9 Å². The number of hydrogen-bond acceptors (Lipinski definition) is 5. The monoisotopic (exact) mass is 392 g/mol. The number of aromatic nitrogens is 1. The molecule has 0 saturated carbocycles. The van der Waals surface area contributed by atoms with Gasteiger partial charge in [0.2, 0.25) is 5.91 Å². The molecule has 0 aromatic carbocycles. The predicted octanol–water partition coefficient (Wildman–Crippen LogP) is 2.27. The van der Waals surface area contributed by atoms with Crippen molar-refractivity contribution in [1.82, 2.24) is 14.8 Å². The molecule has 148 valence electrons. The number of likely N-dealkylation sites (tertiary alicyclic amines) is 1. The Balaban J connectivity index is 1.31. The Labute approximate surface area is 166 Å². The summed E-state index contributed by atoms with van der Waals surface area (Å²) in [7, 11) is 0. The fourth-order valence-corrected chi connectivity index (χ4v) is 4.88. The number of morpholine rings is 1. The van der Waals surface area contributed by atoms with Crippen molar-refractivity contribution in [2.45, 2.75) is 31.7 Å². The van der Waals surface area contributed by atoms with Crippen LogP contribution in [0.3, 0.4) is 0 Å². The van der Waals surface area contributed by atoms with Gasteiger partial charge >= 0.3 is 0 Å². The fraction of sp³-hybridized carbons (Fsp3) is 0.700. The van der Waals surface area contributed by atoms with E-state index in [0.29, 0.717) is 25.2 Å². The first-order valence-electron chi connectivity index (χ1n) is 10.2. The molecule has 6 nitrogen and oxygen atoms in total. The van der Waals surface area contributed by atoms with Crippen LogP contribution in [-0.2, 0) is 9.53 Å². The van der Waals surface area contributed by atoms with E-state index in [-0.39, 0.29) is 5.92 Å². The molecule has 1 amide bonds. The van der Waals surface area contributed by atoms with Gasteiger partial charge in [0.25, 0.3) is 0 Å². The van der Waals surface area contributed by atoms with E-state index < -0.39 is 0 Å². The number of pyridine rings is 1. The van der Waals surface area contributed by atoms with E-state index in [9.17, 15) is 4.79 Å². The molecular weight excluding hydrogens is 364 g/mol. The smallest absolute Gasteiger partial charge is 0.227 e. The van der Waals surface area contributed by atoms with Crippen LogP contribution >= 0.6 is 11.6 Å². The predicted molar refractivity (Wildman–Crippen MR) is 106 cm³/mol. The van der Waals surface area contributed by atoms with Crippen LogP contribution in [0, 0.1) is 5.92 Å². The summed E-state index contributed by atoms with van der Waals surface area (Å²) in [6.45, 7) is 6.82. The molecule has 0 spiro atoms. The minimum atomic E-state index is 0.153. The number of ether oxygens (including phenoxy) is 1. The Morgan fingerprint density at radius 2 is 1.89 bits per heavy atom. The van der Waals surface area contributed by atoms with Crippen molar-refractivity contribution >= 4 is 23.3 Å². The van der Waals surface area contributed by atoms with Crippen molar-refractivity contribution in [3.63, 3.8) is 0 Å². The maximum Gasteiger partial charge on any atom is 0.227 e. The molecule has 27 heavy (non-hydrogen) atoms. The number of carbonyl (C=O) groups excluding carboxylic acids is 1. The van der Waals surface area contributed by atoms with Crippen LogP contribution in [0.25, 0.3) is 0 Å². The van der Waals surface area contributed by atoms with E-state index in [2.05, 4.69) is 14.8 Å². The highest BCUT2D eigenvalue weighted by Gasteiger charge is 2.34. The molecule has 4 heterocycles. The van der Waals surface area contributed by atoms with Gasteiger partial charge < -0.3 is 14.5 Å². The normalized spacial score (nSPS) is 25.6. The van der Waals surface area contributed by atoms with Gasteiger partial charge in [0.1, 0.15) is 5.82 Å². The average Bonchev–Trinajstić information content (AvgIpc) is 2.74. The first-order valence-corrected chi connectivity index (χ1v) is 10.6. The molecule has 0 bridgehead atoms. The van der Waals surface area contributed by atoms with Crippen LogP contribution in [0.2, 0.25) is 5.02 Å². The number of piperidine rings is 2. The Morgan fingerprint density at radius 3 is 2.63 bits per heavy atom. The highest BCUT2D eigenvalue weighted by Crippen LogP contribution is 2.29. The van der Waals surface area contributed by atoms with E-state index in [1.165, 1.54) is 0 Å². The van der Waals surface area contributed by atoms with Gasteiger partial charge in [0, 0.05) is 45.0 Å². The second kappa shape index (κ2) is 8.76. The second-order valence-corrected chi connectivity index (χ2v) is 8.21. The number of carbonyl (C=O) groups is 1. The molecule has 3 fully saturated rings. The number of hydrogen-bond donors (Lipinski definition) is 0. The van der Waals surface area contributed by atoms with Gasteiger partial charge in [0.05, 0.1) is 24.2 Å². The Hall–Kier alpha value is -1.37. The molecule has 1 unspecified atom stereocenters. The van der Waals surface area contributed by atoms with Crippen molar-refractivity contribution in [1.29, 1.82) is 0 Å². The number of halogens is 1. The summed E-state index contributed by atoms with van der Waals surface area (Å²) in [5.41, 5.74) is 0. The quantitative estimate of drug-likeness (QED) is 0.789. The number of rotatable bonds is 3. The van der Waals surface area contributed by atoms with Crippen molar-refractivity contribution in [3.8, 4) is 0 Å². The molecule has 7 heteroatoms. The maximum absolute atomic E-state index is 12.9. The van der Waals surface area contributed by atoms with Gasteiger partial charge in [-0.05, 0) is 44.4 Å². The van der Waals surface area contributed by atoms with Gasteiger partial charge in [-0.2, -0.15) is 0 Å². The van der Waals surface area contributed by atoms with E-state index in [1.807, 2.05) is 17.0 Å². The molecule has 0 radical (unpaired) electrons. The van der Waals surface area contributed by atoms with E-state index >= 15 is 0 Å². The minimum absolute atomic E-state index is 0.153. The summed E-state index contributed by atoms with van der Waals surface area (Å²) >= 11 is 6.30. The first kappa shape index (κ1) is 19.0. The van der Waals surface area contributed by atoms with Crippen LogP contribution in [0.1, 0.15) is 25.7 Å². The van der Waals surface area contributed by atoms with Gasteiger partial charge in [-0.15, -0.1) is 0 Å². The van der Waals surface area contributed by atoms with Gasteiger partial charge in [-0.3, -0.25) is 9.69 Å². The Kier molecular flexibility index (Phi) is 6.15. The molecule has 3 aliphatic heterocycles. The zero-order chi connectivity index (χ0) is 18.6. The van der Waals surface area contributed by atoms with E-state index in [4.69, 9.17) is 16.3 Å². The second-order valence-electron chi connectivity index (χ2n) is 7.80. The van der Waals surface area contributed by atoms with Crippen LogP contribution in [-0.4, -0.2) is 79.2 Å². The van der Waals surface area contributed by atoms with Crippen molar-refractivity contribution in [2.75, 3.05) is 57.4 Å². The molecule has 0 aliphatic carbocycles. The summed E-state index contributed by atoms with van der Waals surface area (Å²) in [6.07, 6.45) is 6.15. The number of anilines is 1. The minimum Gasteiger partial charge on any atom is -0.378 e. The third-order valence-corrected chi connectivity index (χ3v) is 6.44. The molecule has 1 aromatic rings. The Morgan fingerprint density at radius 1 is 1.11 bits per heavy atom. The summed E-state index contributed by atoms with van der Waals surface area (Å²) in [4.78, 5) is 24.2. The molecule has 3 saturated heterocycles. The zero-order valence-electron chi connectivity index (χ0n) is 15.9. The van der Waals surface area contributed by atoms with Crippen LogP contribution in [0.4, 0.5) is 5.82 Å². The molecule has 1 aromatic heterocycles. The maximum atomic E-state index is 12.9. The highest BCUT2D eigenvalue weighted by molar-refractivity contribution is 6.32. The lowest BCUT2D eigenvalue weighted by atomic mass is 9.92. The molecule has 1 atom stereocenters. The third-order valence-electron chi connectivity index (χ3n) is 6.14. The molecule has 0 N–H and O–H groups in total. The number of nitrogens with zero attached hydrogens (tertiary/aromatic N) is 4. The van der Waals surface area contributed by atoms with Gasteiger partial charge in [-0.1, -0.05) is 11.6 Å². The summed E-state index contributed by atoms with van der Waals surface area (Å²) in [6, 6.07) is 4.34. The SMILES string of the molecule is O=C(C1CCCN(C2CCN(c3ncccc3Cl)CC2)C1)N1CCOCC1. The average molecular weight is 393 g/mol. The van der Waals surface area contributed by atoms with Crippen molar-refractivity contribution < 1.29 is 9.53 Å². The zero-order valence-corrected chi connectivity index (χ0v) is 16.6. The van der Waals surface area contributed by atoms with Gasteiger partial charge in [-0.25, -0.2) is 4.98 Å². The summed E-state index contributed by atoms with van der Waals surface area (Å²) < 4.78 is 5.38. The van der Waals surface area contributed by atoms with Crippen molar-refractivity contribution in [3.05, 3.63) is 23.4 Å². The lowest BCUT2D eigenvalue weighted by Gasteiger charge is -2.43. The van der Waals surface area contributed by atoms with Crippen LogP contribution < -0.4 is 4.90 Å². The van der Waals surface area contributed by atoms with Crippen LogP contribution in [0.15, 0.2) is 18.3 Å². The largest absolute Gasteiger partial charge is 0.378 e. The first-order chi connectivity index (χ1) is 13.2. The summed E-state index contributed by atoms with van der Waals surface area (Å²) in [5.74, 6) is 1.39. The molecule has 4 rings (SSSR count). The lowest BCUT2D eigenvalue weighted by Crippen LogP contribution is -2.52. The lowest BCUT2D eigenvalue weighted by molar-refractivity contribution is -0.141. The fourth-order valence-electron chi connectivity index (χ4n) is 4.63.